The van der Waals surface area contributed by atoms with Crippen LogP contribution >= 0.6 is 0 Å². The zero-order chi connectivity index (χ0) is 20.1. The number of nitrogens with zero attached hydrogens (tertiary/aromatic N) is 2. The predicted octanol–water partition coefficient (Wildman–Crippen LogP) is 3.80. The van der Waals surface area contributed by atoms with Crippen molar-refractivity contribution in [3.8, 4) is 22.6 Å². The average molecular weight is 390 g/mol. The van der Waals surface area contributed by atoms with Gasteiger partial charge in [0.2, 0.25) is 5.91 Å². The first kappa shape index (κ1) is 19.4. The van der Waals surface area contributed by atoms with Gasteiger partial charge in [-0.1, -0.05) is 30.3 Å². The number of hydrogen-bond donors (Lipinski definition) is 2. The Morgan fingerprint density at radius 1 is 1.11 bits per heavy atom. The van der Waals surface area contributed by atoms with E-state index in [2.05, 4.69) is 10.4 Å². The Hall–Kier alpha value is -3.33. The molecule has 0 radical (unpaired) electrons. The smallest absolute Gasteiger partial charge is 0.408 e. The highest BCUT2D eigenvalue weighted by molar-refractivity contribution is 5.93. The first-order valence-electron chi connectivity index (χ1n) is 8.31. The first-order chi connectivity index (χ1) is 13.4. The summed E-state index contributed by atoms with van der Waals surface area (Å²) in [5.74, 6) is 0.403. The lowest BCUT2D eigenvalue weighted by Gasteiger charge is -2.14. The van der Waals surface area contributed by atoms with E-state index in [1.54, 1.807) is 48.5 Å². The minimum Gasteiger partial charge on any atom is -0.455 e. The molecule has 3 aromatic rings. The Morgan fingerprint density at radius 2 is 1.79 bits per heavy atom. The maximum atomic E-state index is 12.6. The molecule has 0 saturated heterocycles. The predicted molar refractivity (Wildman–Crippen MR) is 97.9 cm³/mol. The van der Waals surface area contributed by atoms with Gasteiger partial charge in [0.25, 0.3) is 0 Å². The second-order valence-corrected chi connectivity index (χ2v) is 5.89. The van der Waals surface area contributed by atoms with Crippen LogP contribution < -0.4 is 15.8 Å². The fraction of sp³-hybridized carbons (Fsp3) is 0.158. The molecule has 146 valence electrons. The quantitative estimate of drug-likeness (QED) is 0.671. The van der Waals surface area contributed by atoms with Crippen molar-refractivity contribution in [1.82, 2.24) is 9.78 Å². The number of hydrogen-bond acceptors (Lipinski definition) is 4. The molecule has 0 aliphatic rings. The molecule has 0 aliphatic carbocycles. The van der Waals surface area contributed by atoms with Gasteiger partial charge in [-0.25, -0.2) is 0 Å². The molecule has 0 saturated carbocycles. The third-order valence-electron chi connectivity index (χ3n) is 3.74. The number of aromatic nitrogens is 2. The van der Waals surface area contributed by atoms with Gasteiger partial charge < -0.3 is 15.8 Å². The number of halogens is 3. The van der Waals surface area contributed by atoms with Crippen molar-refractivity contribution in [3.05, 3.63) is 60.9 Å². The Morgan fingerprint density at radius 3 is 2.50 bits per heavy atom. The number of carbonyl (C=O) groups is 1. The largest absolute Gasteiger partial charge is 0.455 e. The van der Waals surface area contributed by atoms with Crippen LogP contribution in [-0.4, -0.2) is 28.4 Å². The van der Waals surface area contributed by atoms with Crippen molar-refractivity contribution in [3.63, 3.8) is 0 Å². The molecule has 1 heterocycles. The molecule has 0 unspecified atom stereocenters. The number of nitrogens with two attached hydrogens (primary N) is 1. The minimum absolute atomic E-state index is 0.177. The third kappa shape index (κ3) is 4.89. The minimum atomic E-state index is -4.36. The highest BCUT2D eigenvalue weighted by Gasteiger charge is 2.28. The monoisotopic (exact) mass is 390 g/mol. The van der Waals surface area contributed by atoms with E-state index in [1.807, 2.05) is 0 Å². The summed E-state index contributed by atoms with van der Waals surface area (Å²) in [6.07, 6.45) is -1.72. The Balaban J connectivity index is 1.89. The average Bonchev–Trinajstić information content (AvgIpc) is 3.10. The molecule has 0 spiro atoms. The molecule has 1 amide bonds. The summed E-state index contributed by atoms with van der Waals surface area (Å²) < 4.78 is 44.5. The summed E-state index contributed by atoms with van der Waals surface area (Å²) in [5, 5.41) is 6.40. The Bertz CT molecular complexity index is 970. The number of rotatable bonds is 6. The van der Waals surface area contributed by atoms with Crippen molar-refractivity contribution >= 4 is 11.6 Å². The van der Waals surface area contributed by atoms with Crippen molar-refractivity contribution in [2.24, 2.45) is 5.73 Å². The van der Waals surface area contributed by atoms with Crippen LogP contribution in [0.4, 0.5) is 18.9 Å². The number of alkyl halides is 3. The third-order valence-corrected chi connectivity index (χ3v) is 3.74. The zero-order valence-electron chi connectivity index (χ0n) is 14.6. The van der Waals surface area contributed by atoms with Crippen LogP contribution in [-0.2, 0) is 11.3 Å². The van der Waals surface area contributed by atoms with Gasteiger partial charge in [-0.05, 0) is 18.2 Å². The fourth-order valence-electron chi connectivity index (χ4n) is 2.55. The summed E-state index contributed by atoms with van der Waals surface area (Å²) in [4.78, 5) is 11.6. The van der Waals surface area contributed by atoms with E-state index in [9.17, 15) is 18.0 Å². The summed E-state index contributed by atoms with van der Waals surface area (Å²) >= 11 is 0. The molecule has 9 heteroatoms. The van der Waals surface area contributed by atoms with Crippen molar-refractivity contribution < 1.29 is 22.7 Å². The molecule has 0 atom stereocenters. The normalized spacial score (nSPS) is 11.3. The SMILES string of the molecule is NCC(=O)Nc1ccccc1Oc1ccccc1-c1cnn(CC(F)(F)F)c1. The van der Waals surface area contributed by atoms with Crippen LogP contribution in [0.1, 0.15) is 0 Å². The van der Waals surface area contributed by atoms with E-state index in [4.69, 9.17) is 10.5 Å². The van der Waals surface area contributed by atoms with Crippen LogP contribution in [0.25, 0.3) is 11.1 Å². The highest BCUT2D eigenvalue weighted by Crippen LogP contribution is 2.36. The van der Waals surface area contributed by atoms with Gasteiger partial charge in [0.1, 0.15) is 12.3 Å². The maximum absolute atomic E-state index is 12.6. The van der Waals surface area contributed by atoms with Gasteiger partial charge in [0.15, 0.2) is 5.75 Å². The molecule has 6 nitrogen and oxygen atoms in total. The fourth-order valence-corrected chi connectivity index (χ4v) is 2.55. The van der Waals surface area contributed by atoms with E-state index in [0.717, 1.165) is 4.68 Å². The van der Waals surface area contributed by atoms with Crippen LogP contribution in [0.2, 0.25) is 0 Å². The lowest BCUT2D eigenvalue weighted by Crippen LogP contribution is -2.22. The van der Waals surface area contributed by atoms with Crippen molar-refractivity contribution in [2.45, 2.75) is 12.7 Å². The molecule has 0 fully saturated rings. The van der Waals surface area contributed by atoms with Crippen LogP contribution in [0, 0.1) is 0 Å². The number of nitrogens with one attached hydrogen (secondary N) is 1. The van der Waals surface area contributed by atoms with Crippen molar-refractivity contribution in [1.29, 1.82) is 0 Å². The zero-order valence-corrected chi connectivity index (χ0v) is 14.6. The molecule has 2 aromatic carbocycles. The second kappa shape index (κ2) is 8.13. The van der Waals surface area contributed by atoms with Crippen molar-refractivity contribution in [2.75, 3.05) is 11.9 Å². The van der Waals surface area contributed by atoms with E-state index >= 15 is 0 Å². The van der Waals surface area contributed by atoms with Gasteiger partial charge in [0, 0.05) is 17.3 Å². The lowest BCUT2D eigenvalue weighted by molar-refractivity contribution is -0.142. The summed E-state index contributed by atoms with van der Waals surface area (Å²) in [6.45, 7) is -1.35. The number of amides is 1. The molecule has 1 aromatic heterocycles. The lowest BCUT2D eigenvalue weighted by atomic mass is 10.1. The first-order valence-corrected chi connectivity index (χ1v) is 8.31. The van der Waals surface area contributed by atoms with Crippen LogP contribution in [0.5, 0.6) is 11.5 Å². The maximum Gasteiger partial charge on any atom is 0.408 e. The number of para-hydroxylation sites is 3. The van der Waals surface area contributed by atoms with E-state index in [1.165, 1.54) is 12.4 Å². The summed E-state index contributed by atoms with van der Waals surface area (Å²) in [5.41, 5.74) is 6.80. The molecule has 0 bridgehead atoms. The molecule has 3 rings (SSSR count). The molecular formula is C19H17F3N4O2. The van der Waals surface area contributed by atoms with Gasteiger partial charge in [-0.3, -0.25) is 9.48 Å². The van der Waals surface area contributed by atoms with E-state index < -0.39 is 12.7 Å². The Labute approximate surface area is 158 Å². The molecule has 28 heavy (non-hydrogen) atoms. The summed E-state index contributed by atoms with van der Waals surface area (Å²) in [7, 11) is 0. The number of carbonyl (C=O) groups excluding carboxylic acids is 1. The standard InChI is InChI=1S/C19H17F3N4O2/c20-19(21,22)12-26-11-13(10-24-26)14-5-1-3-7-16(14)28-17-8-4-2-6-15(17)25-18(27)9-23/h1-8,10-11H,9,12,23H2,(H,25,27). The van der Waals surface area contributed by atoms with Gasteiger partial charge in [0.05, 0.1) is 18.4 Å². The van der Waals surface area contributed by atoms with E-state index in [0.29, 0.717) is 28.3 Å². The van der Waals surface area contributed by atoms with Crippen LogP contribution in [0.15, 0.2) is 60.9 Å². The van der Waals surface area contributed by atoms with Crippen LogP contribution in [0.3, 0.4) is 0 Å². The second-order valence-electron chi connectivity index (χ2n) is 5.89. The highest BCUT2D eigenvalue weighted by atomic mass is 19.4. The number of benzene rings is 2. The summed E-state index contributed by atoms with van der Waals surface area (Å²) in [6, 6.07) is 13.7. The molecule has 0 aliphatic heterocycles. The molecule has 3 N–H and O–H groups in total. The van der Waals surface area contributed by atoms with Gasteiger partial charge in [-0.15, -0.1) is 0 Å². The van der Waals surface area contributed by atoms with Gasteiger partial charge in [-0.2, -0.15) is 18.3 Å². The number of anilines is 1. The Kier molecular flexibility index (Phi) is 5.65. The topological polar surface area (TPSA) is 82.2 Å². The number of ether oxygens (including phenoxy) is 1. The molecular weight excluding hydrogens is 373 g/mol. The van der Waals surface area contributed by atoms with E-state index in [-0.39, 0.29) is 12.5 Å². The van der Waals surface area contributed by atoms with Gasteiger partial charge >= 0.3 is 6.18 Å².